The number of carbonyl (C=O) groups excluding carboxylic acids is 1. The van der Waals surface area contributed by atoms with Gasteiger partial charge in [-0.2, -0.15) is 0 Å². The van der Waals surface area contributed by atoms with Crippen LogP contribution in [-0.4, -0.2) is 19.1 Å². The largest absolute Gasteiger partial charge is 0.463 e. The minimum Gasteiger partial charge on any atom is -0.463 e. The molecule has 13 heavy (non-hydrogen) atoms. The first kappa shape index (κ1) is 9.64. The van der Waals surface area contributed by atoms with Crippen LogP contribution in [0.15, 0.2) is 23.0 Å². The fourth-order valence-corrected chi connectivity index (χ4v) is 1.11. The van der Waals surface area contributed by atoms with Crippen LogP contribution in [0.1, 0.15) is 13.8 Å². The zero-order chi connectivity index (χ0) is 9.84. The van der Waals surface area contributed by atoms with Gasteiger partial charge in [0.2, 0.25) is 0 Å². The first-order valence-electron chi connectivity index (χ1n) is 4.23. The summed E-state index contributed by atoms with van der Waals surface area (Å²) in [4.78, 5) is 11.3. The summed E-state index contributed by atoms with van der Waals surface area (Å²) >= 11 is 0. The quantitative estimate of drug-likeness (QED) is 0.602. The highest BCUT2D eigenvalue weighted by molar-refractivity contribution is 5.90. The normalized spacial score (nSPS) is 16.3. The van der Waals surface area contributed by atoms with Crippen LogP contribution in [0.3, 0.4) is 0 Å². The van der Waals surface area contributed by atoms with Crippen LogP contribution in [0.25, 0.3) is 0 Å². The van der Waals surface area contributed by atoms with E-state index in [2.05, 4.69) is 5.32 Å². The summed E-state index contributed by atoms with van der Waals surface area (Å²) in [6.07, 6.45) is 1.73. The number of dihydropyridines is 1. The molecule has 1 heterocycles. The third-order valence-corrected chi connectivity index (χ3v) is 1.79. The Morgan fingerprint density at radius 1 is 1.77 bits per heavy atom. The minimum atomic E-state index is -0.337. The molecule has 1 aliphatic rings. The van der Waals surface area contributed by atoms with E-state index >= 15 is 0 Å². The molecular weight excluding hydrogens is 168 g/mol. The van der Waals surface area contributed by atoms with Gasteiger partial charge >= 0.3 is 5.97 Å². The maximum Gasteiger partial charge on any atom is 0.337 e. The van der Waals surface area contributed by atoms with Gasteiger partial charge in [-0.15, -0.1) is 0 Å². The molecule has 0 fully saturated rings. The molecule has 4 heteroatoms. The molecule has 0 atom stereocenters. The molecule has 0 amide bonds. The minimum absolute atomic E-state index is 0.337. The van der Waals surface area contributed by atoms with Gasteiger partial charge in [0.05, 0.1) is 12.2 Å². The number of nitrogens with one attached hydrogen (secondary N) is 1. The Morgan fingerprint density at radius 3 is 3.00 bits per heavy atom. The van der Waals surface area contributed by atoms with Crippen LogP contribution in [0.4, 0.5) is 0 Å². The highest BCUT2D eigenvalue weighted by Crippen LogP contribution is 2.09. The number of esters is 1. The number of carbonyl (C=O) groups is 1. The Morgan fingerprint density at radius 2 is 2.46 bits per heavy atom. The molecule has 72 valence electrons. The van der Waals surface area contributed by atoms with Crippen molar-refractivity contribution in [2.45, 2.75) is 13.8 Å². The summed E-state index contributed by atoms with van der Waals surface area (Å²) in [6, 6.07) is 0. The lowest BCUT2D eigenvalue weighted by atomic mass is 10.1. The Bertz CT molecular complexity index is 279. The first-order valence-corrected chi connectivity index (χ1v) is 4.23. The first-order chi connectivity index (χ1) is 6.15. The fraction of sp³-hybridized carbons (Fsp3) is 0.444. The van der Waals surface area contributed by atoms with Gasteiger partial charge in [-0.25, -0.2) is 4.79 Å². The second-order valence-corrected chi connectivity index (χ2v) is 2.84. The van der Waals surface area contributed by atoms with E-state index in [1.165, 1.54) is 0 Å². The zero-order valence-corrected chi connectivity index (χ0v) is 7.89. The molecule has 0 spiro atoms. The van der Waals surface area contributed by atoms with Gasteiger partial charge in [-0.3, -0.25) is 0 Å². The Hall–Kier alpha value is -1.45. The van der Waals surface area contributed by atoms with E-state index in [9.17, 15) is 4.79 Å². The van der Waals surface area contributed by atoms with Crippen molar-refractivity contribution in [3.8, 4) is 0 Å². The second kappa shape index (κ2) is 3.98. The number of ether oxygens (including phenoxy) is 1. The van der Waals surface area contributed by atoms with Crippen molar-refractivity contribution in [2.24, 2.45) is 5.73 Å². The predicted molar refractivity (Wildman–Crippen MR) is 49.6 cm³/mol. The van der Waals surface area contributed by atoms with Crippen molar-refractivity contribution in [1.82, 2.24) is 5.32 Å². The third-order valence-electron chi connectivity index (χ3n) is 1.79. The van der Waals surface area contributed by atoms with Crippen LogP contribution in [0.5, 0.6) is 0 Å². The number of hydrogen-bond donors (Lipinski definition) is 2. The van der Waals surface area contributed by atoms with E-state index in [4.69, 9.17) is 10.5 Å². The van der Waals surface area contributed by atoms with Crippen LogP contribution >= 0.6 is 0 Å². The van der Waals surface area contributed by atoms with Gasteiger partial charge in [0.15, 0.2) is 0 Å². The van der Waals surface area contributed by atoms with Crippen LogP contribution in [0, 0.1) is 0 Å². The van der Waals surface area contributed by atoms with Crippen molar-refractivity contribution in [2.75, 3.05) is 13.2 Å². The van der Waals surface area contributed by atoms with Crippen molar-refractivity contribution in [3.63, 3.8) is 0 Å². The summed E-state index contributed by atoms with van der Waals surface area (Å²) in [5.41, 5.74) is 7.63. The smallest absolute Gasteiger partial charge is 0.337 e. The number of allylic oxidation sites excluding steroid dienone is 2. The summed E-state index contributed by atoms with van der Waals surface area (Å²) in [5, 5.41) is 3.02. The average molecular weight is 182 g/mol. The molecule has 0 saturated heterocycles. The molecule has 1 aliphatic heterocycles. The zero-order valence-electron chi connectivity index (χ0n) is 7.89. The van der Waals surface area contributed by atoms with Gasteiger partial charge in [0, 0.05) is 17.9 Å². The van der Waals surface area contributed by atoms with Gasteiger partial charge < -0.3 is 15.8 Å². The molecule has 4 nitrogen and oxygen atoms in total. The van der Waals surface area contributed by atoms with Crippen LogP contribution in [-0.2, 0) is 9.53 Å². The number of rotatable bonds is 2. The summed E-state index contributed by atoms with van der Waals surface area (Å²) < 4.78 is 4.84. The topological polar surface area (TPSA) is 64.3 Å². The lowest BCUT2D eigenvalue weighted by molar-refractivity contribution is -0.138. The van der Waals surface area contributed by atoms with Gasteiger partial charge in [-0.05, 0) is 19.9 Å². The van der Waals surface area contributed by atoms with E-state index in [-0.39, 0.29) is 5.97 Å². The molecule has 0 bridgehead atoms. The monoisotopic (exact) mass is 182 g/mol. The SMILES string of the molecule is CCOC(=O)C1=C(N)C=C(C)NC1. The summed E-state index contributed by atoms with van der Waals surface area (Å²) in [5.74, 6) is -0.337. The molecule has 0 aliphatic carbocycles. The van der Waals surface area contributed by atoms with E-state index in [0.717, 1.165) is 5.70 Å². The molecule has 0 aromatic carbocycles. The average Bonchev–Trinajstić information content (AvgIpc) is 2.04. The molecular formula is C9H14N2O2. The molecule has 0 unspecified atom stereocenters. The second-order valence-electron chi connectivity index (χ2n) is 2.84. The van der Waals surface area contributed by atoms with Crippen LogP contribution < -0.4 is 11.1 Å². The maximum atomic E-state index is 11.3. The maximum absolute atomic E-state index is 11.3. The summed E-state index contributed by atoms with van der Waals surface area (Å²) in [7, 11) is 0. The highest BCUT2D eigenvalue weighted by atomic mass is 16.5. The Balaban J connectivity index is 2.79. The van der Waals surface area contributed by atoms with E-state index in [1.54, 1.807) is 13.0 Å². The molecule has 0 radical (unpaired) electrons. The number of hydrogen-bond acceptors (Lipinski definition) is 4. The highest BCUT2D eigenvalue weighted by Gasteiger charge is 2.16. The summed E-state index contributed by atoms with van der Waals surface area (Å²) in [6.45, 7) is 4.49. The lowest BCUT2D eigenvalue weighted by Gasteiger charge is -2.16. The van der Waals surface area contributed by atoms with Crippen molar-refractivity contribution in [1.29, 1.82) is 0 Å². The lowest BCUT2D eigenvalue weighted by Crippen LogP contribution is -2.28. The molecule has 0 saturated carbocycles. The van der Waals surface area contributed by atoms with E-state index in [0.29, 0.717) is 24.4 Å². The molecule has 3 N–H and O–H groups in total. The molecule has 0 aromatic heterocycles. The Labute approximate surface area is 77.4 Å². The molecule has 0 aromatic rings. The predicted octanol–water partition coefficient (Wildman–Crippen LogP) is 0.269. The Kier molecular flexibility index (Phi) is 2.95. The van der Waals surface area contributed by atoms with Crippen molar-refractivity contribution < 1.29 is 9.53 Å². The molecule has 1 rings (SSSR count). The van der Waals surface area contributed by atoms with Crippen molar-refractivity contribution >= 4 is 5.97 Å². The van der Waals surface area contributed by atoms with Gasteiger partial charge in [0.25, 0.3) is 0 Å². The van der Waals surface area contributed by atoms with Gasteiger partial charge in [0.1, 0.15) is 0 Å². The van der Waals surface area contributed by atoms with Crippen LogP contribution in [0.2, 0.25) is 0 Å². The van der Waals surface area contributed by atoms with Gasteiger partial charge in [-0.1, -0.05) is 0 Å². The van der Waals surface area contributed by atoms with E-state index < -0.39 is 0 Å². The fourth-order valence-electron chi connectivity index (χ4n) is 1.11. The van der Waals surface area contributed by atoms with Crippen molar-refractivity contribution in [3.05, 3.63) is 23.0 Å². The third kappa shape index (κ3) is 2.24. The number of nitrogens with two attached hydrogens (primary N) is 1. The standard InChI is InChI=1S/C9H14N2O2/c1-3-13-9(12)7-5-11-6(2)4-8(7)10/h4,11H,3,5,10H2,1-2H3. The van der Waals surface area contributed by atoms with E-state index in [1.807, 2.05) is 6.92 Å².